The molecular weight excluding hydrogens is 353 g/mol. The number of rotatable bonds is 3. The van der Waals surface area contributed by atoms with Crippen LogP contribution in [-0.4, -0.2) is 27.1 Å². The lowest BCUT2D eigenvalue weighted by molar-refractivity contribution is -0.141. The van der Waals surface area contributed by atoms with Gasteiger partial charge in [0.25, 0.3) is 0 Å². The maximum absolute atomic E-state index is 13.0. The smallest absolute Gasteiger partial charge is 0.385 e. The molecule has 1 aromatic carbocycles. The molecule has 2 aliphatic rings. The number of piperidine rings is 2. The first-order valence-corrected chi connectivity index (χ1v) is 9.41. The summed E-state index contributed by atoms with van der Waals surface area (Å²) in [5, 5.41) is 11.3. The third-order valence-electron chi connectivity index (χ3n) is 5.96. The molecule has 6 heteroatoms. The molecule has 4 rings (SSSR count). The number of halogens is 3. The number of benzene rings is 1. The molecule has 2 saturated heterocycles. The minimum absolute atomic E-state index is 0.171. The molecule has 2 aliphatic heterocycles. The number of hydrogen-bond acceptors (Lipinski definition) is 3. The van der Waals surface area contributed by atoms with Crippen molar-refractivity contribution in [1.29, 1.82) is 0 Å². The highest BCUT2D eigenvalue weighted by Crippen LogP contribution is 2.45. The molecule has 0 saturated carbocycles. The second-order valence-corrected chi connectivity index (χ2v) is 7.76. The van der Waals surface area contributed by atoms with Gasteiger partial charge in [0.15, 0.2) is 0 Å². The predicted molar refractivity (Wildman–Crippen MR) is 95.8 cm³/mol. The van der Waals surface area contributed by atoms with Crippen LogP contribution in [-0.2, 0) is 18.3 Å². The fourth-order valence-corrected chi connectivity index (χ4v) is 4.68. The molecule has 0 radical (unpaired) electrons. The van der Waals surface area contributed by atoms with E-state index in [4.69, 9.17) is 0 Å². The maximum Gasteiger partial charge on any atom is 0.433 e. The normalized spacial score (nSPS) is 28.9. The Hall–Kier alpha value is -1.92. The van der Waals surface area contributed by atoms with Crippen LogP contribution in [0, 0.1) is 0 Å². The summed E-state index contributed by atoms with van der Waals surface area (Å²) < 4.78 is 39.1. The van der Waals surface area contributed by atoms with Crippen molar-refractivity contribution < 1.29 is 18.3 Å². The van der Waals surface area contributed by atoms with E-state index >= 15 is 0 Å². The van der Waals surface area contributed by atoms with Crippen LogP contribution in [0.15, 0.2) is 48.7 Å². The fraction of sp³-hybridized carbons (Fsp3) is 0.476. The van der Waals surface area contributed by atoms with Crippen molar-refractivity contribution >= 4 is 0 Å². The van der Waals surface area contributed by atoms with Crippen molar-refractivity contribution in [2.24, 2.45) is 0 Å². The summed E-state index contributed by atoms with van der Waals surface area (Å²) in [6.07, 6.45) is 0.584. The molecule has 2 bridgehead atoms. The SMILES string of the molecule is OC1(c2ccnc(C(F)(F)F)c2)CC2CCCC(C1)N2Cc1ccccc1. The summed E-state index contributed by atoms with van der Waals surface area (Å²) in [5.41, 5.74) is -0.610. The van der Waals surface area contributed by atoms with Gasteiger partial charge < -0.3 is 5.11 Å². The number of fused-ring (bicyclic) bond motifs is 2. The van der Waals surface area contributed by atoms with E-state index in [0.29, 0.717) is 18.4 Å². The molecule has 2 atom stereocenters. The first-order chi connectivity index (χ1) is 12.9. The van der Waals surface area contributed by atoms with Gasteiger partial charge in [-0.3, -0.25) is 9.88 Å². The van der Waals surface area contributed by atoms with Gasteiger partial charge in [0.2, 0.25) is 0 Å². The summed E-state index contributed by atoms with van der Waals surface area (Å²) in [4.78, 5) is 5.86. The predicted octanol–water partition coefficient (Wildman–Crippen LogP) is 4.51. The van der Waals surface area contributed by atoms with Gasteiger partial charge in [-0.25, -0.2) is 0 Å². The highest BCUT2D eigenvalue weighted by molar-refractivity contribution is 5.27. The number of hydrogen-bond donors (Lipinski definition) is 1. The second-order valence-electron chi connectivity index (χ2n) is 7.76. The van der Waals surface area contributed by atoms with Crippen LogP contribution < -0.4 is 0 Å². The van der Waals surface area contributed by atoms with E-state index in [1.165, 1.54) is 11.6 Å². The average Bonchev–Trinajstić information content (AvgIpc) is 2.63. The fourth-order valence-electron chi connectivity index (χ4n) is 4.68. The number of aliphatic hydroxyl groups is 1. The summed E-state index contributed by atoms with van der Waals surface area (Å²) in [5.74, 6) is 0. The molecule has 0 aliphatic carbocycles. The largest absolute Gasteiger partial charge is 0.433 e. The van der Waals surface area contributed by atoms with Crippen molar-refractivity contribution in [1.82, 2.24) is 9.88 Å². The molecule has 3 nitrogen and oxygen atoms in total. The van der Waals surface area contributed by atoms with Crippen LogP contribution in [0.2, 0.25) is 0 Å². The Balaban J connectivity index is 1.59. The van der Waals surface area contributed by atoms with Crippen molar-refractivity contribution in [3.05, 3.63) is 65.5 Å². The zero-order chi connectivity index (χ0) is 19.1. The lowest BCUT2D eigenvalue weighted by atomic mass is 9.72. The number of alkyl halides is 3. The van der Waals surface area contributed by atoms with E-state index < -0.39 is 17.5 Å². The molecule has 27 heavy (non-hydrogen) atoms. The summed E-state index contributed by atoms with van der Waals surface area (Å²) in [6.45, 7) is 0.816. The first kappa shape index (κ1) is 18.4. The number of aromatic nitrogens is 1. The highest BCUT2D eigenvalue weighted by atomic mass is 19.4. The van der Waals surface area contributed by atoms with Gasteiger partial charge in [-0.1, -0.05) is 36.8 Å². The Bertz CT molecular complexity index is 780. The van der Waals surface area contributed by atoms with E-state index in [0.717, 1.165) is 38.1 Å². The second kappa shape index (κ2) is 6.91. The van der Waals surface area contributed by atoms with Gasteiger partial charge in [0.1, 0.15) is 5.69 Å². The Morgan fingerprint density at radius 1 is 1.07 bits per heavy atom. The Morgan fingerprint density at radius 3 is 2.37 bits per heavy atom. The average molecular weight is 376 g/mol. The quantitative estimate of drug-likeness (QED) is 0.857. The van der Waals surface area contributed by atoms with Crippen LogP contribution in [0.1, 0.15) is 48.9 Å². The monoisotopic (exact) mass is 376 g/mol. The Labute approximate surface area is 156 Å². The lowest BCUT2D eigenvalue weighted by Crippen LogP contribution is -2.56. The zero-order valence-corrected chi connectivity index (χ0v) is 15.0. The van der Waals surface area contributed by atoms with Crippen molar-refractivity contribution in [3.8, 4) is 0 Å². The Morgan fingerprint density at radius 2 is 1.74 bits per heavy atom. The third kappa shape index (κ3) is 3.73. The van der Waals surface area contributed by atoms with Crippen molar-refractivity contribution in [3.63, 3.8) is 0 Å². The minimum atomic E-state index is -4.50. The maximum atomic E-state index is 13.0. The van der Waals surface area contributed by atoms with Crippen molar-refractivity contribution in [2.45, 2.75) is 62.5 Å². The van der Waals surface area contributed by atoms with Crippen LogP contribution in [0.25, 0.3) is 0 Å². The molecule has 0 spiro atoms. The van der Waals surface area contributed by atoms with Crippen molar-refractivity contribution in [2.75, 3.05) is 0 Å². The molecule has 2 fully saturated rings. The summed E-state index contributed by atoms with van der Waals surface area (Å²) in [7, 11) is 0. The standard InChI is InChI=1S/C21H23F3N2O/c22-21(23,24)19-11-16(9-10-25-19)20(27)12-17-7-4-8-18(13-20)26(17)14-15-5-2-1-3-6-15/h1-3,5-6,9-11,17-18,27H,4,7-8,12-14H2. The van der Waals surface area contributed by atoms with Gasteiger partial charge in [-0.05, 0) is 48.9 Å². The van der Waals surface area contributed by atoms with E-state index in [2.05, 4.69) is 22.0 Å². The van der Waals surface area contributed by atoms with E-state index in [1.807, 2.05) is 18.2 Å². The Kier molecular flexibility index (Phi) is 4.72. The summed E-state index contributed by atoms with van der Waals surface area (Å²) in [6, 6.07) is 13.1. The van der Waals surface area contributed by atoms with E-state index in [-0.39, 0.29) is 12.1 Å². The highest BCUT2D eigenvalue weighted by Gasteiger charge is 2.47. The molecule has 1 aromatic heterocycles. The van der Waals surface area contributed by atoms with Gasteiger partial charge in [-0.15, -0.1) is 0 Å². The zero-order valence-electron chi connectivity index (χ0n) is 15.0. The molecule has 144 valence electrons. The molecular formula is C21H23F3N2O. The topological polar surface area (TPSA) is 36.4 Å². The number of nitrogens with zero attached hydrogens (tertiary/aromatic N) is 2. The molecule has 2 aromatic rings. The van der Waals surface area contributed by atoms with E-state index in [9.17, 15) is 18.3 Å². The van der Waals surface area contributed by atoms with Crippen LogP contribution in [0.4, 0.5) is 13.2 Å². The first-order valence-electron chi connectivity index (χ1n) is 9.41. The van der Waals surface area contributed by atoms with Crippen LogP contribution >= 0.6 is 0 Å². The minimum Gasteiger partial charge on any atom is -0.385 e. The molecule has 0 amide bonds. The van der Waals surface area contributed by atoms with Gasteiger partial charge in [-0.2, -0.15) is 13.2 Å². The number of pyridine rings is 1. The summed E-state index contributed by atoms with van der Waals surface area (Å²) >= 11 is 0. The molecule has 3 heterocycles. The molecule has 2 unspecified atom stereocenters. The van der Waals surface area contributed by atoms with Gasteiger partial charge in [0, 0.05) is 24.8 Å². The lowest BCUT2D eigenvalue weighted by Gasteiger charge is -2.52. The third-order valence-corrected chi connectivity index (χ3v) is 5.96. The molecule has 1 N–H and O–H groups in total. The van der Waals surface area contributed by atoms with E-state index in [1.54, 1.807) is 0 Å². The van der Waals surface area contributed by atoms with Gasteiger partial charge in [0.05, 0.1) is 5.60 Å². The van der Waals surface area contributed by atoms with Crippen LogP contribution in [0.3, 0.4) is 0 Å². The van der Waals surface area contributed by atoms with Crippen LogP contribution in [0.5, 0.6) is 0 Å². The van der Waals surface area contributed by atoms with Gasteiger partial charge >= 0.3 is 6.18 Å².